The number of carbonyl (C=O) groups excluding carboxylic acids is 1. The van der Waals surface area contributed by atoms with Gasteiger partial charge in [-0.2, -0.15) is 0 Å². The molecule has 1 aliphatic heterocycles. The van der Waals surface area contributed by atoms with Gasteiger partial charge in [-0.15, -0.1) is 0 Å². The summed E-state index contributed by atoms with van der Waals surface area (Å²) < 4.78 is 5.45. The highest BCUT2D eigenvalue weighted by Gasteiger charge is 2.24. The number of carbonyl (C=O) groups is 1. The summed E-state index contributed by atoms with van der Waals surface area (Å²) in [6.45, 7) is 3.58. The Bertz CT molecular complexity index is 672. The minimum absolute atomic E-state index is 0.0373. The van der Waals surface area contributed by atoms with Crippen LogP contribution in [0, 0.1) is 0 Å². The Morgan fingerprint density at radius 3 is 2.46 bits per heavy atom. The number of ether oxygens (including phenoxy) is 1. The Balaban J connectivity index is 1.75. The van der Waals surface area contributed by atoms with Crippen molar-refractivity contribution in [1.82, 2.24) is 10.2 Å². The molecule has 2 aromatic carbocycles. The van der Waals surface area contributed by atoms with E-state index >= 15 is 0 Å². The number of amides is 1. The van der Waals surface area contributed by atoms with E-state index in [0.717, 1.165) is 23.7 Å². The van der Waals surface area contributed by atoms with Gasteiger partial charge >= 0.3 is 0 Å². The van der Waals surface area contributed by atoms with Crippen LogP contribution in [-0.2, 0) is 4.74 Å². The highest BCUT2D eigenvalue weighted by molar-refractivity contribution is 6.31. The lowest BCUT2D eigenvalue weighted by atomic mass is 10.0. The molecule has 4 nitrogen and oxygen atoms in total. The maximum absolute atomic E-state index is 12.4. The standard InChI is InChI=1S/C19H21ClN2O2/c20-17-9-5-4-8-16(17)18(22-10-12-24-13-11-22)14-21-19(23)15-6-2-1-3-7-15/h1-9,18H,10-14H2,(H,21,23)/t18-/m0/s1. The van der Waals surface area contributed by atoms with Gasteiger partial charge < -0.3 is 10.1 Å². The first kappa shape index (κ1) is 17.0. The van der Waals surface area contributed by atoms with E-state index in [2.05, 4.69) is 10.2 Å². The summed E-state index contributed by atoms with van der Waals surface area (Å²) in [5.74, 6) is -0.0686. The molecule has 126 valence electrons. The Morgan fingerprint density at radius 1 is 1.08 bits per heavy atom. The second-order valence-electron chi connectivity index (χ2n) is 5.76. The van der Waals surface area contributed by atoms with Crippen molar-refractivity contribution in [1.29, 1.82) is 0 Å². The molecule has 0 aromatic heterocycles. The Hall–Kier alpha value is -1.88. The number of hydrogen-bond donors (Lipinski definition) is 1. The smallest absolute Gasteiger partial charge is 0.251 e. The van der Waals surface area contributed by atoms with Gasteiger partial charge in [0.25, 0.3) is 5.91 Å². The summed E-state index contributed by atoms with van der Waals surface area (Å²) >= 11 is 6.40. The molecule has 2 aromatic rings. The van der Waals surface area contributed by atoms with Gasteiger partial charge in [0, 0.05) is 30.2 Å². The van der Waals surface area contributed by atoms with Gasteiger partial charge in [0.15, 0.2) is 0 Å². The molecule has 3 rings (SSSR count). The van der Waals surface area contributed by atoms with Gasteiger partial charge in [0.2, 0.25) is 0 Å². The zero-order valence-electron chi connectivity index (χ0n) is 13.5. The average Bonchev–Trinajstić information content (AvgIpc) is 2.65. The fraction of sp³-hybridized carbons (Fsp3) is 0.316. The number of morpholine rings is 1. The first-order valence-corrected chi connectivity index (χ1v) is 8.53. The highest BCUT2D eigenvalue weighted by Crippen LogP contribution is 2.27. The molecule has 0 spiro atoms. The van der Waals surface area contributed by atoms with Gasteiger partial charge in [-0.3, -0.25) is 9.69 Å². The summed E-state index contributed by atoms with van der Waals surface area (Å²) in [6.07, 6.45) is 0. The number of halogens is 1. The lowest BCUT2D eigenvalue weighted by molar-refractivity contribution is 0.0162. The molecule has 0 bridgehead atoms. The number of hydrogen-bond acceptors (Lipinski definition) is 3. The fourth-order valence-electron chi connectivity index (χ4n) is 2.95. The largest absolute Gasteiger partial charge is 0.379 e. The van der Waals surface area contributed by atoms with Crippen molar-refractivity contribution < 1.29 is 9.53 Å². The van der Waals surface area contributed by atoms with E-state index in [1.54, 1.807) is 0 Å². The molecule has 0 unspecified atom stereocenters. The van der Waals surface area contributed by atoms with Crippen LogP contribution in [0.15, 0.2) is 54.6 Å². The van der Waals surface area contributed by atoms with Crippen molar-refractivity contribution in [2.24, 2.45) is 0 Å². The predicted octanol–water partition coefficient (Wildman–Crippen LogP) is 3.14. The van der Waals surface area contributed by atoms with Gasteiger partial charge in [-0.25, -0.2) is 0 Å². The van der Waals surface area contributed by atoms with Crippen LogP contribution in [0.3, 0.4) is 0 Å². The molecule has 1 saturated heterocycles. The third kappa shape index (κ3) is 4.15. The van der Waals surface area contributed by atoms with Crippen molar-refractivity contribution in [3.05, 3.63) is 70.7 Å². The van der Waals surface area contributed by atoms with Crippen LogP contribution >= 0.6 is 11.6 Å². The first-order chi connectivity index (χ1) is 11.8. The first-order valence-electron chi connectivity index (χ1n) is 8.15. The highest BCUT2D eigenvalue weighted by atomic mass is 35.5. The van der Waals surface area contributed by atoms with Crippen LogP contribution in [0.5, 0.6) is 0 Å². The minimum Gasteiger partial charge on any atom is -0.379 e. The molecular weight excluding hydrogens is 324 g/mol. The maximum Gasteiger partial charge on any atom is 0.251 e. The topological polar surface area (TPSA) is 41.6 Å². The molecule has 1 N–H and O–H groups in total. The quantitative estimate of drug-likeness (QED) is 0.906. The van der Waals surface area contributed by atoms with E-state index in [4.69, 9.17) is 16.3 Å². The lowest BCUT2D eigenvalue weighted by Crippen LogP contribution is -2.44. The van der Waals surface area contributed by atoms with Crippen molar-refractivity contribution in [2.75, 3.05) is 32.8 Å². The van der Waals surface area contributed by atoms with Crippen LogP contribution < -0.4 is 5.32 Å². The van der Waals surface area contributed by atoms with E-state index in [0.29, 0.717) is 25.3 Å². The summed E-state index contributed by atoms with van der Waals surface area (Å²) in [4.78, 5) is 14.7. The van der Waals surface area contributed by atoms with Crippen molar-refractivity contribution in [3.8, 4) is 0 Å². The van der Waals surface area contributed by atoms with Crippen LogP contribution in [0.25, 0.3) is 0 Å². The summed E-state index contributed by atoms with van der Waals surface area (Å²) in [7, 11) is 0. The van der Waals surface area contributed by atoms with E-state index in [1.165, 1.54) is 0 Å². The molecule has 1 atom stereocenters. The van der Waals surface area contributed by atoms with Gasteiger partial charge in [-0.1, -0.05) is 48.0 Å². The number of nitrogens with zero attached hydrogens (tertiary/aromatic N) is 1. The maximum atomic E-state index is 12.4. The Kier molecular flexibility index (Phi) is 5.86. The normalized spacial score (nSPS) is 16.5. The molecule has 1 heterocycles. The van der Waals surface area contributed by atoms with Gasteiger partial charge in [-0.05, 0) is 23.8 Å². The van der Waals surface area contributed by atoms with Crippen molar-refractivity contribution in [3.63, 3.8) is 0 Å². The second kappa shape index (κ2) is 8.29. The van der Waals surface area contributed by atoms with Crippen LogP contribution in [0.1, 0.15) is 22.0 Å². The van der Waals surface area contributed by atoms with Crippen molar-refractivity contribution >= 4 is 17.5 Å². The molecule has 0 aliphatic carbocycles. The fourth-order valence-corrected chi connectivity index (χ4v) is 3.21. The van der Waals surface area contributed by atoms with Gasteiger partial charge in [0.05, 0.1) is 19.3 Å². The number of rotatable bonds is 5. The molecule has 1 amide bonds. The summed E-state index contributed by atoms with van der Waals surface area (Å²) in [5.41, 5.74) is 1.70. The number of benzene rings is 2. The zero-order valence-corrected chi connectivity index (χ0v) is 14.2. The molecule has 5 heteroatoms. The monoisotopic (exact) mass is 344 g/mol. The van der Waals surface area contributed by atoms with E-state index in [1.807, 2.05) is 54.6 Å². The van der Waals surface area contributed by atoms with Crippen LogP contribution in [0.4, 0.5) is 0 Å². The Morgan fingerprint density at radius 2 is 1.75 bits per heavy atom. The van der Waals surface area contributed by atoms with E-state index in [-0.39, 0.29) is 11.9 Å². The third-order valence-electron chi connectivity index (χ3n) is 4.24. The summed E-state index contributed by atoms with van der Waals surface area (Å²) in [6, 6.07) is 17.1. The minimum atomic E-state index is -0.0686. The van der Waals surface area contributed by atoms with E-state index < -0.39 is 0 Å². The lowest BCUT2D eigenvalue weighted by Gasteiger charge is -2.35. The number of nitrogens with one attached hydrogen (secondary N) is 1. The van der Waals surface area contributed by atoms with Crippen LogP contribution in [0.2, 0.25) is 5.02 Å². The molecule has 1 aliphatic rings. The predicted molar refractivity (Wildman–Crippen MR) is 95.4 cm³/mol. The van der Waals surface area contributed by atoms with Gasteiger partial charge in [0.1, 0.15) is 0 Å². The SMILES string of the molecule is O=C(NC[C@@H](c1ccccc1Cl)N1CCOCC1)c1ccccc1. The van der Waals surface area contributed by atoms with E-state index in [9.17, 15) is 4.79 Å². The zero-order chi connectivity index (χ0) is 16.8. The molecule has 0 saturated carbocycles. The Labute approximate surface area is 147 Å². The molecule has 24 heavy (non-hydrogen) atoms. The van der Waals surface area contributed by atoms with Crippen LogP contribution in [-0.4, -0.2) is 43.7 Å². The van der Waals surface area contributed by atoms with Crippen molar-refractivity contribution in [2.45, 2.75) is 6.04 Å². The molecule has 1 fully saturated rings. The summed E-state index contributed by atoms with van der Waals surface area (Å²) in [5, 5.41) is 3.77. The average molecular weight is 345 g/mol. The second-order valence-corrected chi connectivity index (χ2v) is 6.17. The molecular formula is C19H21ClN2O2. The third-order valence-corrected chi connectivity index (χ3v) is 4.59. The molecule has 0 radical (unpaired) electrons.